The van der Waals surface area contributed by atoms with E-state index in [1.807, 2.05) is 0 Å². The maximum atomic E-state index is 12.6. The van der Waals surface area contributed by atoms with Gasteiger partial charge in [0.05, 0.1) is 10.9 Å². The molecule has 0 aromatic heterocycles. The van der Waals surface area contributed by atoms with E-state index in [0.29, 0.717) is 23.5 Å². The molecule has 1 N–H and O–H groups in total. The molecule has 0 spiro atoms. The third-order valence-corrected chi connectivity index (χ3v) is 8.57. The van der Waals surface area contributed by atoms with Crippen LogP contribution >= 0.6 is 15.9 Å². The number of ketones is 1. The lowest BCUT2D eigenvalue weighted by molar-refractivity contribution is -0.131. The molecule has 22 heavy (non-hydrogen) atoms. The van der Waals surface area contributed by atoms with Gasteiger partial charge in [-0.3, -0.25) is 4.79 Å². The summed E-state index contributed by atoms with van der Waals surface area (Å²) in [6.07, 6.45) is 9.63. The third kappa shape index (κ3) is 1.90. The summed E-state index contributed by atoms with van der Waals surface area (Å²) in [6, 6.07) is 0. The van der Waals surface area contributed by atoms with Gasteiger partial charge in [-0.2, -0.15) is 0 Å². The molecule has 0 bridgehead atoms. The smallest absolute Gasteiger partial charge is 0.152 e. The van der Waals surface area contributed by atoms with Crippen molar-refractivity contribution in [1.82, 2.24) is 0 Å². The van der Waals surface area contributed by atoms with Gasteiger partial charge in [-0.15, -0.1) is 0 Å². The molecule has 122 valence electrons. The Hall–Kier alpha value is -0.150. The number of rotatable bonds is 0. The summed E-state index contributed by atoms with van der Waals surface area (Å²) in [6.45, 7) is 4.66. The molecule has 0 aromatic rings. The van der Waals surface area contributed by atoms with Gasteiger partial charge in [0, 0.05) is 5.41 Å². The Morgan fingerprint density at radius 1 is 1.18 bits per heavy atom. The Morgan fingerprint density at radius 2 is 1.91 bits per heavy atom. The predicted octanol–water partition coefficient (Wildman–Crippen LogP) is 4.25. The molecule has 3 saturated carbocycles. The summed E-state index contributed by atoms with van der Waals surface area (Å²) in [4.78, 5) is 12.7. The Labute approximate surface area is 141 Å². The molecule has 4 aliphatic rings. The fourth-order valence-electron chi connectivity index (χ4n) is 6.39. The molecular formula is C19H27BrO2. The molecule has 3 fully saturated rings. The van der Waals surface area contributed by atoms with E-state index in [4.69, 9.17) is 0 Å². The normalized spacial score (nSPS) is 54.3. The van der Waals surface area contributed by atoms with Crippen molar-refractivity contribution in [1.29, 1.82) is 0 Å². The summed E-state index contributed by atoms with van der Waals surface area (Å²) < 4.78 is 0. The first-order valence-corrected chi connectivity index (χ1v) is 9.84. The van der Waals surface area contributed by atoms with E-state index in [9.17, 15) is 9.90 Å². The Kier molecular flexibility index (Phi) is 3.44. The van der Waals surface area contributed by atoms with Crippen LogP contribution < -0.4 is 0 Å². The molecular weight excluding hydrogens is 340 g/mol. The first-order chi connectivity index (χ1) is 10.4. The third-order valence-electron chi connectivity index (χ3n) is 7.78. The monoisotopic (exact) mass is 366 g/mol. The molecule has 0 amide bonds. The second kappa shape index (κ2) is 4.92. The first kappa shape index (κ1) is 15.4. The van der Waals surface area contributed by atoms with E-state index < -0.39 is 0 Å². The number of allylic oxidation sites excluding steroid dienone is 1. The largest absolute Gasteiger partial charge is 0.393 e. The van der Waals surface area contributed by atoms with Gasteiger partial charge in [0.15, 0.2) is 5.78 Å². The molecule has 0 heterocycles. The van der Waals surface area contributed by atoms with Crippen LogP contribution in [0.1, 0.15) is 58.8 Å². The number of halogens is 1. The number of aliphatic hydroxyl groups excluding tert-OH is 1. The van der Waals surface area contributed by atoms with Gasteiger partial charge in [-0.1, -0.05) is 41.4 Å². The summed E-state index contributed by atoms with van der Waals surface area (Å²) in [5.41, 5.74) is 1.69. The number of carbonyl (C=O) groups excluding carboxylic acids is 1. The van der Waals surface area contributed by atoms with Crippen molar-refractivity contribution in [2.24, 2.45) is 28.6 Å². The lowest BCUT2D eigenvalue weighted by atomic mass is 9.48. The van der Waals surface area contributed by atoms with Crippen LogP contribution in [0.25, 0.3) is 0 Å². The molecule has 4 aliphatic carbocycles. The lowest BCUT2D eigenvalue weighted by Crippen LogP contribution is -2.50. The van der Waals surface area contributed by atoms with Crippen molar-refractivity contribution >= 4 is 21.7 Å². The Bertz CT molecular complexity index is 542. The highest BCUT2D eigenvalue weighted by molar-refractivity contribution is 9.10. The predicted molar refractivity (Wildman–Crippen MR) is 90.8 cm³/mol. The quantitative estimate of drug-likeness (QED) is 0.513. The van der Waals surface area contributed by atoms with Crippen molar-refractivity contribution in [3.63, 3.8) is 0 Å². The van der Waals surface area contributed by atoms with Crippen LogP contribution in [0.2, 0.25) is 0 Å². The van der Waals surface area contributed by atoms with Gasteiger partial charge in [0.1, 0.15) is 0 Å². The summed E-state index contributed by atoms with van der Waals surface area (Å²) in [7, 11) is 0. The van der Waals surface area contributed by atoms with Gasteiger partial charge >= 0.3 is 0 Å². The Balaban J connectivity index is 1.70. The van der Waals surface area contributed by atoms with E-state index in [0.717, 1.165) is 38.5 Å². The molecule has 0 radical (unpaired) electrons. The highest BCUT2D eigenvalue weighted by Gasteiger charge is 2.60. The van der Waals surface area contributed by atoms with E-state index in [2.05, 4.69) is 35.9 Å². The maximum Gasteiger partial charge on any atom is 0.152 e. The van der Waals surface area contributed by atoms with Crippen molar-refractivity contribution < 1.29 is 9.90 Å². The minimum Gasteiger partial charge on any atom is -0.393 e. The fourth-order valence-corrected chi connectivity index (χ4v) is 7.32. The summed E-state index contributed by atoms with van der Waals surface area (Å²) in [5.74, 6) is 2.37. The van der Waals surface area contributed by atoms with Crippen LogP contribution in [-0.4, -0.2) is 21.8 Å². The SMILES string of the molecule is C[C@]12CCC(O)CC1=CC[C@@H]1[C@@H]2CC[C@]2(C)C(=O)C(Br)C[C@@H]12. The lowest BCUT2D eigenvalue weighted by Gasteiger charge is -2.56. The average Bonchev–Trinajstić information content (AvgIpc) is 2.72. The van der Waals surface area contributed by atoms with E-state index >= 15 is 0 Å². The second-order valence-electron chi connectivity index (χ2n) is 8.68. The highest BCUT2D eigenvalue weighted by Crippen LogP contribution is 2.64. The van der Waals surface area contributed by atoms with E-state index in [1.54, 1.807) is 0 Å². The highest BCUT2D eigenvalue weighted by atomic mass is 79.9. The summed E-state index contributed by atoms with van der Waals surface area (Å²) in [5, 5.41) is 10.0. The Morgan fingerprint density at radius 3 is 2.68 bits per heavy atom. The van der Waals surface area contributed by atoms with Crippen LogP contribution in [0.5, 0.6) is 0 Å². The molecule has 2 unspecified atom stereocenters. The van der Waals surface area contributed by atoms with Crippen LogP contribution in [0.3, 0.4) is 0 Å². The number of carbonyl (C=O) groups is 1. The topological polar surface area (TPSA) is 37.3 Å². The molecule has 0 saturated heterocycles. The van der Waals surface area contributed by atoms with Crippen LogP contribution in [0.4, 0.5) is 0 Å². The van der Waals surface area contributed by atoms with Gasteiger partial charge in [-0.05, 0) is 68.1 Å². The second-order valence-corrected chi connectivity index (χ2v) is 9.78. The standard InChI is InChI=1S/C19H27BrO2/c1-18-7-5-12(21)9-11(18)3-4-13-14(18)6-8-19(2)15(13)10-16(20)17(19)22/h3,12-16,21H,4-10H2,1-2H3/t12?,13-,14+,15+,16?,18+,19+/m1/s1. The van der Waals surface area contributed by atoms with E-state index in [1.165, 1.54) is 12.0 Å². The van der Waals surface area contributed by atoms with Gasteiger partial charge in [0.25, 0.3) is 0 Å². The van der Waals surface area contributed by atoms with Crippen LogP contribution in [-0.2, 0) is 4.79 Å². The number of alkyl halides is 1. The average molecular weight is 367 g/mol. The van der Waals surface area contributed by atoms with Crippen molar-refractivity contribution in [3.05, 3.63) is 11.6 Å². The molecule has 0 aliphatic heterocycles. The number of hydrogen-bond donors (Lipinski definition) is 1. The number of hydrogen-bond acceptors (Lipinski definition) is 2. The fraction of sp³-hybridized carbons (Fsp3) is 0.842. The minimum absolute atomic E-state index is 0.0765. The zero-order valence-corrected chi connectivity index (χ0v) is 15.2. The van der Waals surface area contributed by atoms with Crippen LogP contribution in [0.15, 0.2) is 11.6 Å². The van der Waals surface area contributed by atoms with Gasteiger partial charge in [-0.25, -0.2) is 0 Å². The molecule has 0 aromatic carbocycles. The molecule has 4 rings (SSSR count). The number of Topliss-reactive ketones (excluding diaryl/α,β-unsaturated/α-hetero) is 1. The summed E-state index contributed by atoms with van der Waals surface area (Å²) >= 11 is 3.64. The molecule has 7 atom stereocenters. The first-order valence-electron chi connectivity index (χ1n) is 8.92. The van der Waals surface area contributed by atoms with E-state index in [-0.39, 0.29) is 21.8 Å². The van der Waals surface area contributed by atoms with Crippen molar-refractivity contribution in [3.8, 4) is 0 Å². The molecule has 3 heteroatoms. The number of fused-ring (bicyclic) bond motifs is 5. The van der Waals surface area contributed by atoms with Crippen LogP contribution in [0, 0.1) is 28.6 Å². The van der Waals surface area contributed by atoms with Gasteiger partial charge in [0.2, 0.25) is 0 Å². The minimum atomic E-state index is -0.135. The van der Waals surface area contributed by atoms with Gasteiger partial charge < -0.3 is 5.11 Å². The van der Waals surface area contributed by atoms with Crippen molar-refractivity contribution in [2.75, 3.05) is 0 Å². The maximum absolute atomic E-state index is 12.6. The zero-order valence-electron chi connectivity index (χ0n) is 13.6. The number of aliphatic hydroxyl groups is 1. The van der Waals surface area contributed by atoms with Crippen molar-refractivity contribution in [2.45, 2.75) is 69.7 Å². The molecule has 2 nitrogen and oxygen atoms in total. The zero-order chi connectivity index (χ0) is 15.7.